The number of hydrogen-bond donors (Lipinski definition) is 5. The number of Topliss-reactive ketones (excluding diaryl/α,β-unsaturated/α-hetero) is 2. The number of phenols is 1. The topological polar surface area (TPSA) is 200 Å². The van der Waals surface area contributed by atoms with Gasteiger partial charge in [0.05, 0.1) is 18.2 Å². The maximum atomic E-state index is 14.2. The number of methoxy groups -OCH3 is 1. The Morgan fingerprint density at radius 2 is 1.82 bits per heavy atom. The Labute approximate surface area is 297 Å². The molecule has 14 heteroatoms. The van der Waals surface area contributed by atoms with E-state index in [0.29, 0.717) is 24.2 Å². The molecule has 2 aromatic carbocycles. The van der Waals surface area contributed by atoms with Crippen molar-refractivity contribution in [2.45, 2.75) is 64.1 Å². The molecule has 0 bridgehead atoms. The highest BCUT2D eigenvalue weighted by Gasteiger charge is 2.64. The number of ketones is 2. The first kappa shape index (κ1) is 38.4. The van der Waals surface area contributed by atoms with Gasteiger partial charge >= 0.3 is 0 Å². The summed E-state index contributed by atoms with van der Waals surface area (Å²) in [5, 5.41) is 45.7. The van der Waals surface area contributed by atoms with Crippen molar-refractivity contribution in [3.05, 3.63) is 70.0 Å². The van der Waals surface area contributed by atoms with E-state index in [2.05, 4.69) is 6.92 Å². The summed E-state index contributed by atoms with van der Waals surface area (Å²) in [6.45, 7) is 5.01. The van der Waals surface area contributed by atoms with Crippen molar-refractivity contribution < 1.29 is 48.6 Å². The summed E-state index contributed by atoms with van der Waals surface area (Å²) in [5.41, 5.74) is 4.47. The lowest BCUT2D eigenvalue weighted by Crippen LogP contribution is -2.65. The van der Waals surface area contributed by atoms with Gasteiger partial charge in [0.25, 0.3) is 13.4 Å². The number of aliphatic hydroxyl groups is 3. The van der Waals surface area contributed by atoms with Crippen molar-refractivity contribution in [2.24, 2.45) is 17.6 Å². The van der Waals surface area contributed by atoms with Gasteiger partial charge in [-0.05, 0) is 80.6 Å². The summed E-state index contributed by atoms with van der Waals surface area (Å²) >= 11 is 0. The summed E-state index contributed by atoms with van der Waals surface area (Å²) < 4.78 is 26.9. The van der Waals surface area contributed by atoms with Gasteiger partial charge in [0.15, 0.2) is 11.4 Å². The molecule has 0 spiro atoms. The maximum absolute atomic E-state index is 14.2. The fourth-order valence-electron chi connectivity index (χ4n) is 8.01. The van der Waals surface area contributed by atoms with Crippen LogP contribution in [0.1, 0.15) is 56.2 Å². The Hall–Kier alpha value is -3.84. The third kappa shape index (κ3) is 6.67. The van der Waals surface area contributed by atoms with E-state index in [-0.39, 0.29) is 42.7 Å². The van der Waals surface area contributed by atoms with Gasteiger partial charge in [-0.3, -0.25) is 23.8 Å². The number of hydrogen-bond acceptors (Lipinski definition) is 11. The number of ether oxygens (including phenoxy) is 1. The zero-order valence-corrected chi connectivity index (χ0v) is 30.6. The van der Waals surface area contributed by atoms with Crippen molar-refractivity contribution in [1.82, 2.24) is 9.57 Å². The lowest BCUT2D eigenvalue weighted by Gasteiger charge is -2.50. The van der Waals surface area contributed by atoms with Crippen molar-refractivity contribution in [3.8, 4) is 16.9 Å². The van der Waals surface area contributed by atoms with Crippen LogP contribution < -0.4 is 5.73 Å². The number of carbonyl (C=O) groups excluding carboxylic acids is 3. The Balaban J connectivity index is 1.59. The van der Waals surface area contributed by atoms with E-state index in [1.165, 1.54) is 18.1 Å². The molecule has 1 saturated carbocycles. The second-order valence-electron chi connectivity index (χ2n) is 13.7. The molecule has 0 radical (unpaired) electrons. The minimum absolute atomic E-state index is 0.0105. The third-order valence-electron chi connectivity index (χ3n) is 10.3. The van der Waals surface area contributed by atoms with Crippen LogP contribution in [-0.2, 0) is 41.2 Å². The van der Waals surface area contributed by atoms with E-state index in [9.17, 15) is 39.4 Å². The number of rotatable bonds is 14. The van der Waals surface area contributed by atoms with E-state index in [1.54, 1.807) is 27.1 Å². The number of aliphatic hydroxyl groups excluding tert-OH is 2. The smallest absolute Gasteiger partial charge is 0.297 e. The van der Waals surface area contributed by atoms with Gasteiger partial charge in [0.1, 0.15) is 29.2 Å². The van der Waals surface area contributed by atoms with Crippen LogP contribution in [0.4, 0.5) is 0 Å². The number of phenolic OH excluding ortho intramolecular Hbond substituents is 1. The summed E-state index contributed by atoms with van der Waals surface area (Å²) in [6, 6.07) is 9.57. The molecule has 0 aromatic heterocycles. The van der Waals surface area contributed by atoms with Crippen LogP contribution in [0.5, 0.6) is 5.75 Å². The molecule has 5 atom stereocenters. The first-order chi connectivity index (χ1) is 24.2. The number of fused-ring (bicyclic) bond motifs is 3. The largest absolute Gasteiger partial charge is 0.508 e. The number of nitrogens with two attached hydrogens (primary N) is 1. The molecule has 276 valence electrons. The third-order valence-corrected chi connectivity index (χ3v) is 12.7. The van der Waals surface area contributed by atoms with Gasteiger partial charge in [-0.15, -0.1) is 0 Å². The molecule has 0 saturated heterocycles. The van der Waals surface area contributed by atoms with Crippen LogP contribution in [0.15, 0.2) is 53.3 Å². The lowest BCUT2D eigenvalue weighted by atomic mass is 9.57. The van der Waals surface area contributed by atoms with Crippen molar-refractivity contribution in [1.29, 1.82) is 0 Å². The highest BCUT2D eigenvalue weighted by atomic mass is 31.2. The Morgan fingerprint density at radius 1 is 1.10 bits per heavy atom. The summed E-state index contributed by atoms with van der Waals surface area (Å²) in [6.07, 6.45) is 2.86. The number of aromatic hydroxyl groups is 1. The molecule has 5 rings (SSSR count). The van der Waals surface area contributed by atoms with E-state index in [0.717, 1.165) is 30.4 Å². The van der Waals surface area contributed by atoms with Gasteiger partial charge in [-0.25, -0.2) is 4.67 Å². The monoisotopic (exact) mass is 725 g/mol. The second-order valence-corrected chi connectivity index (χ2v) is 16.1. The normalized spacial score (nSPS) is 24.4. The summed E-state index contributed by atoms with van der Waals surface area (Å²) in [7, 11) is 1.30. The maximum Gasteiger partial charge on any atom is 0.297 e. The molecule has 1 unspecified atom stereocenters. The second kappa shape index (κ2) is 15.0. The van der Waals surface area contributed by atoms with Gasteiger partial charge in [-0.2, -0.15) is 0 Å². The highest BCUT2D eigenvalue weighted by molar-refractivity contribution is 7.56. The fraction of sp³-hybridized carbons (Fsp3) is 0.486. The number of nitrogens with zero attached hydrogens (tertiary/aromatic N) is 2. The minimum atomic E-state index is -3.31. The van der Waals surface area contributed by atoms with Gasteiger partial charge in [-0.1, -0.05) is 44.0 Å². The predicted molar refractivity (Wildman–Crippen MR) is 191 cm³/mol. The quantitative estimate of drug-likeness (QED) is 0.104. The predicted octanol–water partition coefficient (Wildman–Crippen LogP) is 4.46. The standard InChI is InChI=1S/C37H48N3O10P/c1-6-8-9-15-40(51(48,20-49-5)50-7-2)19-21-11-10-12-22(16-21)24-13-14-27(41)29-25(24)17-23-18-26-31(39(3)4)33(43)30(36(38)46)35(45)37(26,47)34(44)28(23)32(29)42/h10-14,16,23,26,31,41-42,45,47H,6-9,15,17-20H2,1-5H3,(H2,38,46)/t23-,26+,31+,37-,51?/m0/s1. The van der Waals surface area contributed by atoms with E-state index in [4.69, 9.17) is 15.0 Å². The molecule has 6 N–H and O–H groups in total. The molecule has 1 fully saturated rings. The van der Waals surface area contributed by atoms with Crippen molar-refractivity contribution >= 4 is 30.8 Å². The molecule has 0 aliphatic heterocycles. The highest BCUT2D eigenvalue weighted by Crippen LogP contribution is 2.54. The zero-order chi connectivity index (χ0) is 37.4. The van der Waals surface area contributed by atoms with E-state index >= 15 is 0 Å². The number of carbonyl (C=O) groups is 3. The van der Waals surface area contributed by atoms with Crippen LogP contribution in [0.2, 0.25) is 0 Å². The molecule has 1 amide bonds. The van der Waals surface area contributed by atoms with Crippen LogP contribution in [0.25, 0.3) is 16.9 Å². The Morgan fingerprint density at radius 3 is 2.45 bits per heavy atom. The fourth-order valence-corrected chi connectivity index (χ4v) is 9.97. The first-order valence-corrected chi connectivity index (χ1v) is 19.0. The summed E-state index contributed by atoms with van der Waals surface area (Å²) in [5.74, 6) is -7.02. The van der Waals surface area contributed by atoms with Gasteiger partial charge in [0, 0.05) is 31.7 Å². The lowest BCUT2D eigenvalue weighted by molar-refractivity contribution is -0.153. The number of unbranched alkanes of at least 4 members (excludes halogenated alkanes) is 2. The minimum Gasteiger partial charge on any atom is -0.508 e. The number of primary amides is 1. The Bertz CT molecular complexity index is 1830. The van der Waals surface area contributed by atoms with Crippen LogP contribution in [-0.4, -0.2) is 99.8 Å². The molecular weight excluding hydrogens is 677 g/mol. The molecule has 3 aliphatic carbocycles. The molecule has 3 aliphatic rings. The molecule has 0 heterocycles. The average Bonchev–Trinajstić information content (AvgIpc) is 3.06. The van der Waals surface area contributed by atoms with Crippen molar-refractivity contribution in [2.75, 3.05) is 40.7 Å². The van der Waals surface area contributed by atoms with E-state index < -0.39 is 65.6 Å². The Kier molecular flexibility index (Phi) is 11.3. The van der Waals surface area contributed by atoms with Gasteiger partial charge in [0.2, 0.25) is 5.78 Å². The molecular formula is C37H48N3O10P. The van der Waals surface area contributed by atoms with Crippen LogP contribution >= 0.6 is 7.52 Å². The summed E-state index contributed by atoms with van der Waals surface area (Å²) in [4.78, 5) is 41.4. The van der Waals surface area contributed by atoms with Crippen molar-refractivity contribution in [3.63, 3.8) is 0 Å². The number of amides is 1. The van der Waals surface area contributed by atoms with E-state index in [1.807, 2.05) is 28.9 Å². The zero-order valence-electron chi connectivity index (χ0n) is 29.7. The van der Waals surface area contributed by atoms with Gasteiger partial charge < -0.3 is 35.4 Å². The number of likely N-dealkylation sites (N-methyl/N-ethyl adjacent to an activating group) is 1. The molecule has 51 heavy (non-hydrogen) atoms. The first-order valence-electron chi connectivity index (χ1n) is 17.2. The SMILES string of the molecule is CCCCCN(Cc1cccc(-c2ccc(O)c3c2C[C@H]2C[C@@H]4[C@@H](N(C)C)C(=O)C(C(N)=O)=C(O)[C@@]4(O)C(=O)C2=C3O)c1)P(=O)(COC)OCC. The average molecular weight is 726 g/mol. The molecule has 13 nitrogen and oxygen atoms in total. The van der Waals surface area contributed by atoms with Crippen LogP contribution in [0, 0.1) is 11.8 Å². The van der Waals surface area contributed by atoms with Crippen LogP contribution in [0.3, 0.4) is 0 Å². The molecule has 2 aromatic rings. The number of benzene rings is 2.